The summed E-state index contributed by atoms with van der Waals surface area (Å²) in [4.78, 5) is 16.4. The Morgan fingerprint density at radius 1 is 1.32 bits per heavy atom. The molecular formula is C19H22N2O. The minimum atomic E-state index is -0.0962. The normalized spacial score (nSPS) is 18.8. The monoisotopic (exact) mass is 294 g/mol. The van der Waals surface area contributed by atoms with Crippen molar-refractivity contribution in [1.82, 2.24) is 4.98 Å². The quantitative estimate of drug-likeness (QED) is 0.905. The van der Waals surface area contributed by atoms with E-state index in [2.05, 4.69) is 37.1 Å². The fourth-order valence-corrected chi connectivity index (χ4v) is 3.57. The number of anilines is 1. The van der Waals surface area contributed by atoms with Gasteiger partial charge in [0.2, 0.25) is 0 Å². The summed E-state index contributed by atoms with van der Waals surface area (Å²) >= 11 is 0. The van der Waals surface area contributed by atoms with Crippen molar-refractivity contribution in [3.05, 3.63) is 59.4 Å². The second-order valence-electron chi connectivity index (χ2n) is 6.66. The van der Waals surface area contributed by atoms with Crippen molar-refractivity contribution in [1.29, 1.82) is 0 Å². The number of amides is 1. The molecule has 1 aromatic heterocycles. The largest absolute Gasteiger partial charge is 0.322 e. The molecule has 0 unspecified atom stereocenters. The lowest BCUT2D eigenvalue weighted by Gasteiger charge is -2.19. The number of carbonyl (C=O) groups excluding carboxylic acids is 1. The molecule has 3 nitrogen and oxygen atoms in total. The van der Waals surface area contributed by atoms with Crippen molar-refractivity contribution in [3.8, 4) is 0 Å². The summed E-state index contributed by atoms with van der Waals surface area (Å²) in [6.45, 7) is 6.79. The number of carbonyl (C=O) groups is 1. The highest BCUT2D eigenvalue weighted by Crippen LogP contribution is 2.49. The van der Waals surface area contributed by atoms with Gasteiger partial charge in [0.1, 0.15) is 0 Å². The molecule has 22 heavy (non-hydrogen) atoms. The molecule has 0 spiro atoms. The Morgan fingerprint density at radius 3 is 2.82 bits per heavy atom. The van der Waals surface area contributed by atoms with Crippen LogP contribution < -0.4 is 5.32 Å². The number of nitrogens with one attached hydrogen (secondary N) is 1. The van der Waals surface area contributed by atoms with E-state index in [-0.39, 0.29) is 11.3 Å². The number of hydrogen-bond donors (Lipinski definition) is 1. The van der Waals surface area contributed by atoms with Crippen LogP contribution in [0.5, 0.6) is 0 Å². The van der Waals surface area contributed by atoms with Gasteiger partial charge in [-0.2, -0.15) is 0 Å². The molecule has 114 valence electrons. The third-order valence-electron chi connectivity index (χ3n) is 4.66. The summed E-state index contributed by atoms with van der Waals surface area (Å²) < 4.78 is 0. The highest BCUT2D eigenvalue weighted by molar-refractivity contribution is 6.04. The van der Waals surface area contributed by atoms with Gasteiger partial charge in [-0.15, -0.1) is 0 Å². The van der Waals surface area contributed by atoms with Crippen molar-refractivity contribution in [2.24, 2.45) is 0 Å². The molecule has 3 heteroatoms. The first-order chi connectivity index (χ1) is 10.5. The van der Waals surface area contributed by atoms with Crippen LogP contribution in [0.2, 0.25) is 0 Å². The van der Waals surface area contributed by atoms with E-state index in [1.165, 1.54) is 11.1 Å². The van der Waals surface area contributed by atoms with Gasteiger partial charge >= 0.3 is 0 Å². The Balaban J connectivity index is 1.97. The predicted octanol–water partition coefficient (Wildman–Crippen LogP) is 4.51. The van der Waals surface area contributed by atoms with Gasteiger partial charge < -0.3 is 5.32 Å². The van der Waals surface area contributed by atoms with E-state index in [0.717, 1.165) is 18.5 Å². The number of benzene rings is 1. The van der Waals surface area contributed by atoms with E-state index in [9.17, 15) is 4.79 Å². The van der Waals surface area contributed by atoms with Crippen LogP contribution >= 0.6 is 0 Å². The second kappa shape index (κ2) is 5.56. The SMILES string of the molecule is CC[C@@H]1CC(C)(C)c2cccc(NC(=O)c3cccnc3)c21. The fraction of sp³-hybridized carbons (Fsp3) is 0.368. The van der Waals surface area contributed by atoms with Crippen LogP contribution in [0.1, 0.15) is 61.0 Å². The first-order valence-corrected chi connectivity index (χ1v) is 7.87. The lowest BCUT2D eigenvalue weighted by atomic mass is 9.86. The Kier molecular flexibility index (Phi) is 3.73. The van der Waals surface area contributed by atoms with Crippen molar-refractivity contribution in [2.45, 2.75) is 44.9 Å². The van der Waals surface area contributed by atoms with Gasteiger partial charge in [-0.1, -0.05) is 32.9 Å². The Morgan fingerprint density at radius 2 is 2.14 bits per heavy atom. The molecule has 2 aromatic rings. The van der Waals surface area contributed by atoms with Gasteiger partial charge in [-0.25, -0.2) is 0 Å². The van der Waals surface area contributed by atoms with E-state index < -0.39 is 0 Å². The van der Waals surface area contributed by atoms with E-state index >= 15 is 0 Å². The third kappa shape index (κ3) is 2.52. The minimum absolute atomic E-state index is 0.0962. The van der Waals surface area contributed by atoms with Crippen LogP contribution in [0.25, 0.3) is 0 Å². The molecule has 0 fully saturated rings. The number of nitrogens with zero attached hydrogens (tertiary/aromatic N) is 1. The molecule has 1 N–H and O–H groups in total. The molecule has 1 aromatic carbocycles. The van der Waals surface area contributed by atoms with Gasteiger partial charge in [0, 0.05) is 18.1 Å². The minimum Gasteiger partial charge on any atom is -0.322 e. The van der Waals surface area contributed by atoms with Gasteiger partial charge in [-0.3, -0.25) is 9.78 Å². The summed E-state index contributed by atoms with van der Waals surface area (Å²) in [7, 11) is 0. The molecule has 0 saturated heterocycles. The average Bonchev–Trinajstić information content (AvgIpc) is 2.80. The molecule has 1 amide bonds. The topological polar surface area (TPSA) is 42.0 Å². The molecule has 0 radical (unpaired) electrons. The van der Waals surface area contributed by atoms with Crippen LogP contribution in [-0.4, -0.2) is 10.9 Å². The highest BCUT2D eigenvalue weighted by atomic mass is 16.1. The maximum atomic E-state index is 12.4. The first kappa shape index (κ1) is 14.8. The Hall–Kier alpha value is -2.16. The first-order valence-electron chi connectivity index (χ1n) is 7.87. The van der Waals surface area contributed by atoms with E-state index in [0.29, 0.717) is 11.5 Å². The van der Waals surface area contributed by atoms with Gasteiger partial charge in [0.05, 0.1) is 5.56 Å². The van der Waals surface area contributed by atoms with Crippen LogP contribution in [-0.2, 0) is 5.41 Å². The van der Waals surface area contributed by atoms with Crippen molar-refractivity contribution in [3.63, 3.8) is 0 Å². The summed E-state index contributed by atoms with van der Waals surface area (Å²) in [6, 6.07) is 9.81. The molecule has 1 aliphatic rings. The maximum Gasteiger partial charge on any atom is 0.257 e. The number of rotatable bonds is 3. The second-order valence-corrected chi connectivity index (χ2v) is 6.66. The van der Waals surface area contributed by atoms with Crippen molar-refractivity contribution in [2.75, 3.05) is 5.32 Å². The van der Waals surface area contributed by atoms with Crippen molar-refractivity contribution >= 4 is 11.6 Å². The molecular weight excluding hydrogens is 272 g/mol. The lowest BCUT2D eigenvalue weighted by Crippen LogP contribution is -2.15. The van der Waals surface area contributed by atoms with Crippen molar-refractivity contribution < 1.29 is 4.79 Å². The Bertz CT molecular complexity index is 692. The fourth-order valence-electron chi connectivity index (χ4n) is 3.57. The van der Waals surface area contributed by atoms with E-state index in [4.69, 9.17) is 0 Å². The molecule has 0 saturated carbocycles. The summed E-state index contributed by atoms with van der Waals surface area (Å²) in [5, 5.41) is 3.08. The molecule has 1 atom stereocenters. The van der Waals surface area contributed by atoms with E-state index in [1.54, 1.807) is 24.5 Å². The van der Waals surface area contributed by atoms with Gasteiger partial charge in [0.25, 0.3) is 5.91 Å². The number of aromatic nitrogens is 1. The van der Waals surface area contributed by atoms with Crippen LogP contribution in [0.3, 0.4) is 0 Å². The zero-order valence-corrected chi connectivity index (χ0v) is 13.4. The smallest absolute Gasteiger partial charge is 0.257 e. The number of hydrogen-bond acceptors (Lipinski definition) is 2. The zero-order valence-electron chi connectivity index (χ0n) is 13.4. The molecule has 0 bridgehead atoms. The molecule has 1 heterocycles. The van der Waals surface area contributed by atoms with Crippen LogP contribution in [0.4, 0.5) is 5.69 Å². The van der Waals surface area contributed by atoms with Crippen LogP contribution in [0.15, 0.2) is 42.7 Å². The number of pyridine rings is 1. The zero-order chi connectivity index (χ0) is 15.7. The molecule has 1 aliphatic carbocycles. The highest BCUT2D eigenvalue weighted by Gasteiger charge is 2.37. The number of fused-ring (bicyclic) bond motifs is 1. The maximum absolute atomic E-state index is 12.4. The summed E-state index contributed by atoms with van der Waals surface area (Å²) in [5.74, 6) is 0.413. The summed E-state index contributed by atoms with van der Waals surface area (Å²) in [5.41, 5.74) is 4.38. The van der Waals surface area contributed by atoms with Gasteiger partial charge in [-0.05, 0) is 53.5 Å². The molecule has 3 rings (SSSR count). The van der Waals surface area contributed by atoms with Crippen LogP contribution in [0, 0.1) is 0 Å². The van der Waals surface area contributed by atoms with E-state index in [1.807, 2.05) is 12.1 Å². The predicted molar refractivity (Wildman–Crippen MR) is 89.3 cm³/mol. The summed E-state index contributed by atoms with van der Waals surface area (Å²) in [6.07, 6.45) is 5.50. The third-order valence-corrected chi connectivity index (χ3v) is 4.66. The lowest BCUT2D eigenvalue weighted by molar-refractivity contribution is 0.102. The molecule has 0 aliphatic heterocycles. The Labute approximate surface area is 131 Å². The standard InChI is InChI=1S/C19H22N2O/c1-4-13-11-19(2,3)15-8-5-9-16(17(13)15)21-18(22)14-7-6-10-20-12-14/h5-10,12-13H,4,11H2,1-3H3,(H,21,22)/t13-/m1/s1. The van der Waals surface area contributed by atoms with Gasteiger partial charge in [0.15, 0.2) is 0 Å². The average molecular weight is 294 g/mol.